The van der Waals surface area contributed by atoms with Crippen molar-refractivity contribution in [1.82, 2.24) is 5.32 Å². The average molecular weight is 320 g/mol. The van der Waals surface area contributed by atoms with Crippen molar-refractivity contribution in [1.29, 1.82) is 0 Å². The van der Waals surface area contributed by atoms with Gasteiger partial charge in [-0.25, -0.2) is 0 Å². The van der Waals surface area contributed by atoms with Gasteiger partial charge in [-0.2, -0.15) is 0 Å². The van der Waals surface area contributed by atoms with Crippen LogP contribution in [0.1, 0.15) is 26.2 Å². The van der Waals surface area contributed by atoms with Crippen LogP contribution in [0.3, 0.4) is 0 Å². The van der Waals surface area contributed by atoms with E-state index in [1.807, 2.05) is 24.3 Å². The van der Waals surface area contributed by atoms with Gasteiger partial charge in [-0.1, -0.05) is 6.92 Å². The van der Waals surface area contributed by atoms with E-state index in [1.54, 1.807) is 7.11 Å². The fourth-order valence-corrected chi connectivity index (χ4v) is 2.91. The number of amides is 1. The van der Waals surface area contributed by atoms with Crippen molar-refractivity contribution in [2.24, 2.45) is 11.8 Å². The first-order valence-corrected chi connectivity index (χ1v) is 8.41. The maximum absolute atomic E-state index is 12.2. The molecule has 5 nitrogen and oxygen atoms in total. The average Bonchev–Trinajstić information content (AvgIpc) is 2.57. The van der Waals surface area contributed by atoms with E-state index in [4.69, 9.17) is 9.47 Å². The first kappa shape index (κ1) is 17.8. The Morgan fingerprint density at radius 2 is 2.13 bits per heavy atom. The van der Waals surface area contributed by atoms with E-state index >= 15 is 0 Å². The largest absolute Gasteiger partial charge is 0.491 e. The van der Waals surface area contributed by atoms with Crippen molar-refractivity contribution in [3.05, 3.63) is 24.3 Å². The Labute approximate surface area is 138 Å². The number of methoxy groups -OCH3 is 1. The molecule has 2 rings (SSSR count). The van der Waals surface area contributed by atoms with Crippen molar-refractivity contribution in [3.8, 4) is 5.75 Å². The number of anilines is 1. The number of hydrogen-bond donors (Lipinski definition) is 2. The lowest BCUT2D eigenvalue weighted by atomic mass is 9.85. The van der Waals surface area contributed by atoms with Crippen LogP contribution in [0.15, 0.2) is 24.3 Å². The van der Waals surface area contributed by atoms with Crippen LogP contribution in [0, 0.1) is 11.8 Å². The van der Waals surface area contributed by atoms with Gasteiger partial charge >= 0.3 is 0 Å². The molecule has 1 amide bonds. The van der Waals surface area contributed by atoms with Gasteiger partial charge in [0.2, 0.25) is 5.91 Å². The predicted molar refractivity (Wildman–Crippen MR) is 91.8 cm³/mol. The van der Waals surface area contributed by atoms with E-state index in [1.165, 1.54) is 12.8 Å². The molecule has 0 aromatic heterocycles. The van der Waals surface area contributed by atoms with Gasteiger partial charge in [0.15, 0.2) is 0 Å². The third-order valence-corrected chi connectivity index (χ3v) is 4.34. The third kappa shape index (κ3) is 6.20. The van der Waals surface area contributed by atoms with Gasteiger partial charge in [0.1, 0.15) is 12.4 Å². The lowest BCUT2D eigenvalue weighted by molar-refractivity contribution is -0.117. The van der Waals surface area contributed by atoms with E-state index in [-0.39, 0.29) is 5.91 Å². The number of benzene rings is 1. The predicted octanol–water partition coefficient (Wildman–Crippen LogP) is 2.68. The second kappa shape index (κ2) is 9.53. The maximum Gasteiger partial charge on any atom is 0.224 e. The van der Waals surface area contributed by atoms with E-state index < -0.39 is 0 Å². The van der Waals surface area contributed by atoms with Gasteiger partial charge in [-0.15, -0.1) is 0 Å². The molecule has 23 heavy (non-hydrogen) atoms. The summed E-state index contributed by atoms with van der Waals surface area (Å²) in [5.41, 5.74) is 0.808. The van der Waals surface area contributed by atoms with Gasteiger partial charge in [0.05, 0.1) is 6.61 Å². The minimum atomic E-state index is 0.0797. The fourth-order valence-electron chi connectivity index (χ4n) is 2.91. The van der Waals surface area contributed by atoms with Gasteiger partial charge in [0, 0.05) is 19.2 Å². The lowest BCUT2D eigenvalue weighted by Gasteiger charge is -2.28. The monoisotopic (exact) mass is 320 g/mol. The van der Waals surface area contributed by atoms with Gasteiger partial charge in [0.25, 0.3) is 0 Å². The molecule has 5 heteroatoms. The fraction of sp³-hybridized carbons (Fsp3) is 0.611. The minimum absolute atomic E-state index is 0.0797. The normalized spacial score (nSPS) is 19.1. The summed E-state index contributed by atoms with van der Waals surface area (Å²) in [7, 11) is 1.65. The molecule has 1 aliphatic heterocycles. The second-order valence-corrected chi connectivity index (χ2v) is 6.20. The highest BCUT2D eigenvalue weighted by atomic mass is 16.5. The summed E-state index contributed by atoms with van der Waals surface area (Å²) in [4.78, 5) is 12.2. The van der Waals surface area contributed by atoms with Crippen molar-refractivity contribution in [3.63, 3.8) is 0 Å². The van der Waals surface area contributed by atoms with E-state index in [9.17, 15) is 4.79 Å². The van der Waals surface area contributed by atoms with E-state index in [0.29, 0.717) is 31.5 Å². The van der Waals surface area contributed by atoms with Gasteiger partial charge < -0.3 is 20.1 Å². The van der Waals surface area contributed by atoms with Crippen molar-refractivity contribution >= 4 is 11.6 Å². The summed E-state index contributed by atoms with van der Waals surface area (Å²) in [5.74, 6) is 1.86. The number of rotatable bonds is 8. The van der Waals surface area contributed by atoms with Crippen LogP contribution >= 0.6 is 0 Å². The molecule has 2 unspecified atom stereocenters. The number of piperidine rings is 1. The summed E-state index contributed by atoms with van der Waals surface area (Å²) in [6, 6.07) is 7.46. The Morgan fingerprint density at radius 1 is 1.35 bits per heavy atom. The molecular formula is C18H28N2O3. The van der Waals surface area contributed by atoms with Crippen molar-refractivity contribution in [2.75, 3.05) is 38.7 Å². The van der Waals surface area contributed by atoms with E-state index in [0.717, 1.165) is 24.5 Å². The maximum atomic E-state index is 12.2. The summed E-state index contributed by atoms with van der Waals surface area (Å²) < 4.78 is 10.4. The Morgan fingerprint density at radius 3 is 2.78 bits per heavy atom. The lowest BCUT2D eigenvalue weighted by Crippen LogP contribution is -2.34. The number of carbonyl (C=O) groups is 1. The van der Waals surface area contributed by atoms with E-state index in [2.05, 4.69) is 17.6 Å². The molecule has 2 atom stereocenters. The molecule has 1 aliphatic rings. The summed E-state index contributed by atoms with van der Waals surface area (Å²) in [6.45, 7) is 5.39. The van der Waals surface area contributed by atoms with Crippen LogP contribution in [0.5, 0.6) is 5.75 Å². The van der Waals surface area contributed by atoms with Gasteiger partial charge in [-0.05, 0) is 62.0 Å². The highest BCUT2D eigenvalue weighted by Crippen LogP contribution is 2.23. The number of ether oxygens (including phenoxy) is 2. The number of carbonyl (C=O) groups excluding carboxylic acids is 1. The van der Waals surface area contributed by atoms with Crippen molar-refractivity contribution < 1.29 is 14.3 Å². The highest BCUT2D eigenvalue weighted by molar-refractivity contribution is 5.90. The standard InChI is InChI=1S/C18H28N2O3/c1-14(15-4-3-9-19-13-15)12-18(21)20-16-5-7-17(8-6-16)23-11-10-22-2/h5-8,14-15,19H,3-4,9-13H2,1-2H3,(H,20,21). The molecule has 1 aromatic rings. The smallest absolute Gasteiger partial charge is 0.224 e. The summed E-state index contributed by atoms with van der Waals surface area (Å²) >= 11 is 0. The van der Waals surface area contributed by atoms with Gasteiger partial charge in [-0.3, -0.25) is 4.79 Å². The van der Waals surface area contributed by atoms with Crippen LogP contribution in [-0.4, -0.2) is 39.3 Å². The van der Waals surface area contributed by atoms with Crippen LogP contribution < -0.4 is 15.4 Å². The quantitative estimate of drug-likeness (QED) is 0.723. The Bertz CT molecular complexity index is 470. The SMILES string of the molecule is COCCOc1ccc(NC(=O)CC(C)C2CCCNC2)cc1. The molecule has 1 saturated heterocycles. The molecule has 0 spiro atoms. The molecule has 0 aliphatic carbocycles. The van der Waals surface area contributed by atoms with Crippen LogP contribution in [0.25, 0.3) is 0 Å². The molecule has 2 N–H and O–H groups in total. The van der Waals surface area contributed by atoms with Crippen LogP contribution in [0.2, 0.25) is 0 Å². The summed E-state index contributed by atoms with van der Waals surface area (Å²) in [6.07, 6.45) is 2.99. The third-order valence-electron chi connectivity index (χ3n) is 4.34. The first-order chi connectivity index (χ1) is 11.2. The zero-order valence-electron chi connectivity index (χ0n) is 14.1. The Hall–Kier alpha value is -1.59. The van der Waals surface area contributed by atoms with Crippen molar-refractivity contribution in [2.45, 2.75) is 26.2 Å². The van der Waals surface area contributed by atoms with Crippen LogP contribution in [0.4, 0.5) is 5.69 Å². The Balaban J connectivity index is 1.75. The molecule has 0 bridgehead atoms. The molecule has 1 fully saturated rings. The minimum Gasteiger partial charge on any atom is -0.491 e. The number of nitrogens with one attached hydrogen (secondary N) is 2. The number of hydrogen-bond acceptors (Lipinski definition) is 4. The molecule has 0 radical (unpaired) electrons. The van der Waals surface area contributed by atoms with Crippen LogP contribution in [-0.2, 0) is 9.53 Å². The topological polar surface area (TPSA) is 59.6 Å². The molecular weight excluding hydrogens is 292 g/mol. The Kier molecular flexibility index (Phi) is 7.36. The first-order valence-electron chi connectivity index (χ1n) is 8.41. The highest BCUT2D eigenvalue weighted by Gasteiger charge is 2.21. The molecule has 1 heterocycles. The summed E-state index contributed by atoms with van der Waals surface area (Å²) in [5, 5.41) is 6.38. The molecule has 1 aromatic carbocycles. The second-order valence-electron chi connectivity index (χ2n) is 6.20. The zero-order valence-corrected chi connectivity index (χ0v) is 14.1. The molecule has 0 saturated carbocycles. The zero-order chi connectivity index (χ0) is 16.5. The molecule has 128 valence electrons.